The summed E-state index contributed by atoms with van der Waals surface area (Å²) in [5.41, 5.74) is 1.23. The van der Waals surface area contributed by atoms with Gasteiger partial charge in [0.05, 0.1) is 11.9 Å². The zero-order valence-electron chi connectivity index (χ0n) is 15.7. The van der Waals surface area contributed by atoms with Crippen molar-refractivity contribution in [3.8, 4) is 0 Å². The van der Waals surface area contributed by atoms with Gasteiger partial charge in [-0.1, -0.05) is 20.8 Å². The molecule has 1 aromatic carbocycles. The van der Waals surface area contributed by atoms with Crippen LogP contribution in [0.25, 0.3) is 0 Å². The Hall–Kier alpha value is -2.48. The summed E-state index contributed by atoms with van der Waals surface area (Å²) in [5.74, 6) is -0.0719. The van der Waals surface area contributed by atoms with E-state index in [0.29, 0.717) is 11.4 Å². The summed E-state index contributed by atoms with van der Waals surface area (Å²) < 4.78 is 1.62. The Morgan fingerprint density at radius 2 is 1.73 bits per heavy atom. The normalized spacial score (nSPS) is 11.1. The topological polar surface area (TPSA) is 79.3 Å². The zero-order chi connectivity index (χ0) is 19.3. The van der Waals surface area contributed by atoms with Crippen molar-refractivity contribution in [3.05, 3.63) is 36.7 Å². The summed E-state index contributed by atoms with van der Waals surface area (Å²) in [4.78, 5) is 26.4. The minimum absolute atomic E-state index is 0.0719. The number of amides is 3. The molecule has 140 valence electrons. The number of anilines is 2. The number of carbonyl (C=O) groups excluding carboxylic acids is 2. The van der Waals surface area contributed by atoms with Crippen LogP contribution < -0.4 is 10.6 Å². The van der Waals surface area contributed by atoms with Crippen LogP contribution in [0.4, 0.5) is 16.2 Å². The molecule has 2 N–H and O–H groups in total. The molecule has 0 aliphatic heterocycles. The molecule has 2 rings (SSSR count). The maximum Gasteiger partial charge on any atom is 0.323 e. The summed E-state index contributed by atoms with van der Waals surface area (Å²) in [6.45, 7) is 6.60. The molecule has 0 spiro atoms. The number of carbonyl (C=O) groups is 2. The Labute approximate surface area is 158 Å². The molecule has 1 heterocycles. The lowest BCUT2D eigenvalue weighted by molar-refractivity contribution is -0.129. The summed E-state index contributed by atoms with van der Waals surface area (Å²) in [7, 11) is 3.37. The second-order valence-electron chi connectivity index (χ2n) is 7.03. The SMILES string of the molecule is CN(C)C(=O)Cn1cc(NC(=O)Nc2ccc(SC(C)(C)C)cc2)cn1. The molecule has 7 nitrogen and oxygen atoms in total. The highest BCUT2D eigenvalue weighted by molar-refractivity contribution is 8.00. The first-order chi connectivity index (χ1) is 12.1. The van der Waals surface area contributed by atoms with E-state index in [0.717, 1.165) is 4.90 Å². The molecule has 1 aromatic heterocycles. The fourth-order valence-corrected chi connectivity index (χ4v) is 3.03. The summed E-state index contributed by atoms with van der Waals surface area (Å²) in [6.07, 6.45) is 3.12. The lowest BCUT2D eigenvalue weighted by Crippen LogP contribution is -2.26. The van der Waals surface area contributed by atoms with Gasteiger partial charge in [0, 0.05) is 35.6 Å². The third kappa shape index (κ3) is 6.44. The molecule has 2 aromatic rings. The second-order valence-corrected chi connectivity index (χ2v) is 8.93. The average Bonchev–Trinajstić information content (AvgIpc) is 2.94. The van der Waals surface area contributed by atoms with E-state index in [9.17, 15) is 9.59 Å². The number of nitrogens with zero attached hydrogens (tertiary/aromatic N) is 3. The molecular weight excluding hydrogens is 350 g/mol. The van der Waals surface area contributed by atoms with Crippen LogP contribution in [-0.2, 0) is 11.3 Å². The van der Waals surface area contributed by atoms with Crippen molar-refractivity contribution in [2.75, 3.05) is 24.7 Å². The molecule has 26 heavy (non-hydrogen) atoms. The van der Waals surface area contributed by atoms with Gasteiger partial charge in [-0.05, 0) is 24.3 Å². The minimum atomic E-state index is -0.361. The van der Waals surface area contributed by atoms with Crippen molar-refractivity contribution in [2.24, 2.45) is 0 Å². The predicted molar refractivity (Wildman–Crippen MR) is 106 cm³/mol. The maximum atomic E-state index is 12.1. The Morgan fingerprint density at radius 1 is 1.12 bits per heavy atom. The molecule has 0 saturated carbocycles. The molecule has 0 aliphatic carbocycles. The number of urea groups is 1. The van der Waals surface area contributed by atoms with Crippen molar-refractivity contribution >= 4 is 35.1 Å². The third-order valence-corrected chi connectivity index (χ3v) is 4.34. The summed E-state index contributed by atoms with van der Waals surface area (Å²) in [5, 5.41) is 9.55. The highest BCUT2D eigenvalue weighted by atomic mass is 32.2. The van der Waals surface area contributed by atoms with E-state index in [4.69, 9.17) is 0 Å². The fraction of sp³-hybridized carbons (Fsp3) is 0.389. The van der Waals surface area contributed by atoms with Crippen molar-refractivity contribution in [1.82, 2.24) is 14.7 Å². The largest absolute Gasteiger partial charge is 0.347 e. The van der Waals surface area contributed by atoms with Gasteiger partial charge in [-0.25, -0.2) is 4.79 Å². The Kier molecular flexibility index (Phi) is 6.31. The Bertz CT molecular complexity index is 763. The van der Waals surface area contributed by atoms with Gasteiger partial charge in [-0.2, -0.15) is 5.10 Å². The first-order valence-corrected chi connectivity index (χ1v) is 9.04. The monoisotopic (exact) mass is 375 g/mol. The van der Waals surface area contributed by atoms with Gasteiger partial charge in [0.1, 0.15) is 6.54 Å². The van der Waals surface area contributed by atoms with Gasteiger partial charge in [0.25, 0.3) is 0 Å². The van der Waals surface area contributed by atoms with Gasteiger partial charge >= 0.3 is 6.03 Å². The van der Waals surface area contributed by atoms with Crippen molar-refractivity contribution in [3.63, 3.8) is 0 Å². The molecule has 3 amide bonds. The van der Waals surface area contributed by atoms with Crippen LogP contribution in [0.3, 0.4) is 0 Å². The molecule has 0 unspecified atom stereocenters. The molecular formula is C18H25N5O2S. The Balaban J connectivity index is 1.89. The average molecular weight is 375 g/mol. The Morgan fingerprint density at radius 3 is 2.31 bits per heavy atom. The molecule has 0 bridgehead atoms. The summed E-state index contributed by atoms with van der Waals surface area (Å²) >= 11 is 1.77. The minimum Gasteiger partial charge on any atom is -0.347 e. The number of hydrogen-bond donors (Lipinski definition) is 2. The standard InChI is InChI=1S/C18H25N5O2S/c1-18(2,3)26-15-8-6-13(7-9-15)20-17(25)21-14-10-19-23(11-14)12-16(24)22(4)5/h6-11H,12H2,1-5H3,(H2,20,21,25). The van der Waals surface area contributed by atoms with E-state index >= 15 is 0 Å². The van der Waals surface area contributed by atoms with Crippen LogP contribution >= 0.6 is 11.8 Å². The first-order valence-electron chi connectivity index (χ1n) is 8.22. The van der Waals surface area contributed by atoms with Crippen molar-refractivity contribution < 1.29 is 9.59 Å². The quantitative estimate of drug-likeness (QED) is 0.784. The van der Waals surface area contributed by atoms with Crippen molar-refractivity contribution in [1.29, 1.82) is 0 Å². The molecule has 0 saturated heterocycles. The van der Waals surface area contributed by atoms with Crippen LogP contribution in [0.15, 0.2) is 41.6 Å². The highest BCUT2D eigenvalue weighted by Gasteiger charge is 2.12. The number of benzene rings is 1. The number of likely N-dealkylation sites (N-methyl/N-ethyl adjacent to an activating group) is 1. The second kappa shape index (κ2) is 8.27. The van der Waals surface area contributed by atoms with E-state index in [1.165, 1.54) is 15.8 Å². The first kappa shape index (κ1) is 19.8. The van der Waals surface area contributed by atoms with Crippen LogP contribution in [0, 0.1) is 0 Å². The smallest absolute Gasteiger partial charge is 0.323 e. The lowest BCUT2D eigenvalue weighted by Gasteiger charge is -2.17. The number of nitrogens with one attached hydrogen (secondary N) is 2. The molecule has 8 heteroatoms. The van der Waals surface area contributed by atoms with Gasteiger partial charge in [0.2, 0.25) is 5.91 Å². The van der Waals surface area contributed by atoms with Gasteiger partial charge in [0.15, 0.2) is 0 Å². The van der Waals surface area contributed by atoms with E-state index in [-0.39, 0.29) is 23.2 Å². The van der Waals surface area contributed by atoms with E-state index in [1.807, 2.05) is 24.3 Å². The molecule has 0 atom stereocenters. The van der Waals surface area contributed by atoms with Crippen LogP contribution in [0.1, 0.15) is 20.8 Å². The van der Waals surface area contributed by atoms with E-state index in [1.54, 1.807) is 32.1 Å². The zero-order valence-corrected chi connectivity index (χ0v) is 16.6. The predicted octanol–water partition coefficient (Wildman–Crippen LogP) is 3.51. The number of thioether (sulfide) groups is 1. The van der Waals surface area contributed by atoms with Crippen molar-refractivity contribution in [2.45, 2.75) is 37.0 Å². The molecule has 0 aliphatic rings. The molecule has 0 radical (unpaired) electrons. The third-order valence-electron chi connectivity index (χ3n) is 3.22. The van der Waals surface area contributed by atoms with Gasteiger partial charge < -0.3 is 15.5 Å². The van der Waals surface area contributed by atoms with E-state index in [2.05, 4.69) is 36.5 Å². The van der Waals surface area contributed by atoms with Crippen LogP contribution in [0.5, 0.6) is 0 Å². The lowest BCUT2D eigenvalue weighted by atomic mass is 10.3. The van der Waals surface area contributed by atoms with E-state index < -0.39 is 0 Å². The maximum absolute atomic E-state index is 12.1. The van der Waals surface area contributed by atoms with Crippen LogP contribution in [-0.4, -0.2) is 45.5 Å². The fourth-order valence-electron chi connectivity index (χ4n) is 2.05. The summed E-state index contributed by atoms with van der Waals surface area (Å²) in [6, 6.07) is 7.34. The number of aromatic nitrogens is 2. The molecule has 0 fully saturated rings. The number of rotatable bonds is 5. The highest BCUT2D eigenvalue weighted by Crippen LogP contribution is 2.32. The van der Waals surface area contributed by atoms with Gasteiger partial charge in [-0.3, -0.25) is 9.48 Å². The van der Waals surface area contributed by atoms with Gasteiger partial charge in [-0.15, -0.1) is 11.8 Å². The number of hydrogen-bond acceptors (Lipinski definition) is 4. The van der Waals surface area contributed by atoms with Crippen LogP contribution in [0.2, 0.25) is 0 Å².